The molecule has 7 heteroatoms. The van der Waals surface area contributed by atoms with Crippen molar-refractivity contribution in [2.45, 2.75) is 65.5 Å². The number of hydrogen-bond acceptors (Lipinski definition) is 3. The molecule has 0 spiro atoms. The number of rotatable bonds is 6. The summed E-state index contributed by atoms with van der Waals surface area (Å²) < 4.78 is 0. The van der Waals surface area contributed by atoms with Crippen LogP contribution in [-0.2, 0) is 4.79 Å². The number of likely N-dealkylation sites (N-methyl/N-ethyl adjacent to an activating group) is 1. The third kappa shape index (κ3) is 6.87. The number of halogens is 1. The SMILES string of the molecule is CCNC(=NCC1CCCCN1CC)NC1CCN(C(=O)C(C)C)C1.I. The molecule has 0 saturated carbocycles. The number of nitrogens with one attached hydrogen (secondary N) is 2. The highest BCUT2D eigenvalue weighted by atomic mass is 127. The normalized spacial score (nSPS) is 24.5. The van der Waals surface area contributed by atoms with Gasteiger partial charge in [-0.15, -0.1) is 24.0 Å². The number of likely N-dealkylation sites (tertiary alicyclic amines) is 2. The van der Waals surface area contributed by atoms with Crippen LogP contribution in [0.25, 0.3) is 0 Å². The molecule has 1 amide bonds. The molecular weight excluding hydrogens is 441 g/mol. The maximum Gasteiger partial charge on any atom is 0.225 e. The largest absolute Gasteiger partial charge is 0.357 e. The van der Waals surface area contributed by atoms with Gasteiger partial charge in [-0.2, -0.15) is 0 Å². The van der Waals surface area contributed by atoms with Crippen LogP contribution in [0.5, 0.6) is 0 Å². The third-order valence-corrected chi connectivity index (χ3v) is 5.29. The van der Waals surface area contributed by atoms with Crippen LogP contribution in [0.3, 0.4) is 0 Å². The van der Waals surface area contributed by atoms with Crippen molar-refractivity contribution in [1.29, 1.82) is 0 Å². The molecule has 0 aromatic rings. The minimum absolute atomic E-state index is 0. The number of carbonyl (C=O) groups excluding carboxylic acids is 1. The average molecular weight is 479 g/mol. The molecule has 2 aliphatic rings. The van der Waals surface area contributed by atoms with Crippen molar-refractivity contribution < 1.29 is 4.79 Å². The summed E-state index contributed by atoms with van der Waals surface area (Å²) in [7, 11) is 0. The van der Waals surface area contributed by atoms with E-state index in [1.807, 2.05) is 18.7 Å². The van der Waals surface area contributed by atoms with Crippen LogP contribution in [0.4, 0.5) is 0 Å². The first-order valence-corrected chi connectivity index (χ1v) is 10.1. The lowest BCUT2D eigenvalue weighted by Crippen LogP contribution is -2.46. The predicted octanol–water partition coefficient (Wildman–Crippen LogP) is 2.29. The van der Waals surface area contributed by atoms with Crippen LogP contribution < -0.4 is 10.6 Å². The van der Waals surface area contributed by atoms with Crippen molar-refractivity contribution in [3.63, 3.8) is 0 Å². The Morgan fingerprint density at radius 2 is 1.96 bits per heavy atom. The first-order chi connectivity index (χ1) is 12.0. The second-order valence-electron chi connectivity index (χ2n) is 7.57. The first kappa shape index (κ1) is 23.5. The summed E-state index contributed by atoms with van der Waals surface area (Å²) in [5.74, 6) is 1.23. The van der Waals surface area contributed by atoms with Gasteiger partial charge in [0, 0.05) is 37.6 Å². The Kier molecular flexibility index (Phi) is 10.8. The highest BCUT2D eigenvalue weighted by Gasteiger charge is 2.28. The summed E-state index contributed by atoms with van der Waals surface area (Å²) in [5.41, 5.74) is 0. The molecule has 0 radical (unpaired) electrons. The van der Waals surface area contributed by atoms with E-state index in [-0.39, 0.29) is 35.8 Å². The molecule has 2 saturated heterocycles. The van der Waals surface area contributed by atoms with E-state index in [1.165, 1.54) is 25.8 Å². The van der Waals surface area contributed by atoms with Crippen molar-refractivity contribution >= 4 is 35.8 Å². The van der Waals surface area contributed by atoms with E-state index in [1.54, 1.807) is 0 Å². The van der Waals surface area contributed by atoms with Crippen LogP contribution in [0.15, 0.2) is 4.99 Å². The van der Waals surface area contributed by atoms with Gasteiger partial charge in [0.05, 0.1) is 6.54 Å². The van der Waals surface area contributed by atoms with Gasteiger partial charge in [0.2, 0.25) is 5.91 Å². The Labute approximate surface area is 176 Å². The molecule has 2 heterocycles. The molecule has 2 rings (SSSR count). The van der Waals surface area contributed by atoms with Crippen molar-refractivity contribution in [2.75, 3.05) is 39.3 Å². The molecule has 0 bridgehead atoms. The molecule has 2 N–H and O–H groups in total. The lowest BCUT2D eigenvalue weighted by atomic mass is 10.0. The van der Waals surface area contributed by atoms with Gasteiger partial charge in [0.25, 0.3) is 0 Å². The molecule has 6 nitrogen and oxygen atoms in total. The fourth-order valence-electron chi connectivity index (χ4n) is 3.84. The summed E-state index contributed by atoms with van der Waals surface area (Å²) in [5, 5.41) is 6.91. The quantitative estimate of drug-likeness (QED) is 0.349. The monoisotopic (exact) mass is 479 g/mol. The molecule has 26 heavy (non-hydrogen) atoms. The second kappa shape index (κ2) is 12.0. The zero-order valence-corrected chi connectivity index (χ0v) is 19.3. The number of guanidine groups is 1. The topological polar surface area (TPSA) is 60.0 Å². The van der Waals surface area contributed by atoms with Gasteiger partial charge in [0.1, 0.15) is 0 Å². The van der Waals surface area contributed by atoms with Crippen LogP contribution in [0, 0.1) is 5.92 Å². The maximum absolute atomic E-state index is 12.2. The van der Waals surface area contributed by atoms with E-state index in [0.717, 1.165) is 45.1 Å². The highest BCUT2D eigenvalue weighted by Crippen LogP contribution is 2.17. The lowest BCUT2D eigenvalue weighted by molar-refractivity contribution is -0.133. The van der Waals surface area contributed by atoms with Crippen LogP contribution in [0.1, 0.15) is 53.4 Å². The third-order valence-electron chi connectivity index (χ3n) is 5.29. The molecule has 0 aromatic carbocycles. The van der Waals surface area contributed by atoms with Gasteiger partial charge in [-0.3, -0.25) is 14.7 Å². The molecule has 2 unspecified atom stereocenters. The van der Waals surface area contributed by atoms with E-state index in [4.69, 9.17) is 4.99 Å². The smallest absolute Gasteiger partial charge is 0.225 e. The molecule has 0 aromatic heterocycles. The standard InChI is InChI=1S/C19H37N5O.HI/c1-5-20-19(21-13-17-9-7-8-11-23(17)6-2)22-16-10-12-24(14-16)18(25)15(3)4;/h15-17H,5-14H2,1-4H3,(H2,20,21,22);1H. The minimum Gasteiger partial charge on any atom is -0.357 e. The Balaban J connectivity index is 0.00000338. The van der Waals surface area contributed by atoms with E-state index in [9.17, 15) is 4.79 Å². The first-order valence-electron chi connectivity index (χ1n) is 10.1. The van der Waals surface area contributed by atoms with Gasteiger partial charge >= 0.3 is 0 Å². The molecular formula is C19H38IN5O. The van der Waals surface area contributed by atoms with Crippen molar-refractivity contribution in [1.82, 2.24) is 20.4 Å². The molecule has 2 atom stereocenters. The molecule has 2 aliphatic heterocycles. The van der Waals surface area contributed by atoms with E-state index < -0.39 is 0 Å². The van der Waals surface area contributed by atoms with Gasteiger partial charge in [-0.1, -0.05) is 27.2 Å². The summed E-state index contributed by atoms with van der Waals surface area (Å²) in [6.07, 6.45) is 4.87. The van der Waals surface area contributed by atoms with E-state index in [0.29, 0.717) is 12.1 Å². The Hall–Kier alpha value is -0.570. The van der Waals surface area contributed by atoms with Crippen LogP contribution >= 0.6 is 24.0 Å². The second-order valence-corrected chi connectivity index (χ2v) is 7.57. The fourth-order valence-corrected chi connectivity index (χ4v) is 3.84. The van der Waals surface area contributed by atoms with Gasteiger partial charge in [-0.05, 0) is 39.3 Å². The number of nitrogens with zero attached hydrogens (tertiary/aromatic N) is 3. The lowest BCUT2D eigenvalue weighted by Gasteiger charge is -2.34. The Morgan fingerprint density at radius 3 is 2.62 bits per heavy atom. The van der Waals surface area contributed by atoms with Crippen molar-refractivity contribution in [3.05, 3.63) is 0 Å². The summed E-state index contributed by atoms with van der Waals surface area (Å²) >= 11 is 0. The number of amides is 1. The summed E-state index contributed by atoms with van der Waals surface area (Å²) in [4.78, 5) is 21.5. The molecule has 152 valence electrons. The maximum atomic E-state index is 12.2. The van der Waals surface area contributed by atoms with Crippen molar-refractivity contribution in [2.24, 2.45) is 10.9 Å². The van der Waals surface area contributed by atoms with Crippen LogP contribution in [0.2, 0.25) is 0 Å². The number of piperidine rings is 1. The minimum atomic E-state index is 0. The van der Waals surface area contributed by atoms with E-state index >= 15 is 0 Å². The van der Waals surface area contributed by atoms with Gasteiger partial charge < -0.3 is 15.5 Å². The zero-order chi connectivity index (χ0) is 18.2. The average Bonchev–Trinajstić information content (AvgIpc) is 3.07. The van der Waals surface area contributed by atoms with Crippen molar-refractivity contribution in [3.8, 4) is 0 Å². The predicted molar refractivity (Wildman–Crippen MR) is 119 cm³/mol. The summed E-state index contributed by atoms with van der Waals surface area (Å²) in [6, 6.07) is 0.867. The van der Waals surface area contributed by atoms with E-state index in [2.05, 4.69) is 29.4 Å². The van der Waals surface area contributed by atoms with Crippen LogP contribution in [-0.4, -0.2) is 73.0 Å². The zero-order valence-electron chi connectivity index (χ0n) is 17.0. The molecule has 0 aliphatic carbocycles. The van der Waals surface area contributed by atoms with Gasteiger partial charge in [0.15, 0.2) is 5.96 Å². The highest BCUT2D eigenvalue weighted by molar-refractivity contribution is 14.0. The summed E-state index contributed by atoms with van der Waals surface area (Å²) in [6.45, 7) is 13.9. The fraction of sp³-hybridized carbons (Fsp3) is 0.895. The molecule has 2 fully saturated rings. The Bertz CT molecular complexity index is 457. The van der Waals surface area contributed by atoms with Gasteiger partial charge in [-0.25, -0.2) is 0 Å². The number of aliphatic imine (C=N–C) groups is 1. The number of hydrogen-bond donors (Lipinski definition) is 2. The number of carbonyl (C=O) groups is 1. The Morgan fingerprint density at radius 1 is 1.19 bits per heavy atom.